The van der Waals surface area contributed by atoms with Crippen LogP contribution in [0.1, 0.15) is 37.3 Å². The minimum absolute atomic E-state index is 0.823. The molecule has 0 spiro atoms. The first-order chi connectivity index (χ1) is 12.3. The maximum Gasteiger partial charge on any atom is 0.123 e. The summed E-state index contributed by atoms with van der Waals surface area (Å²) in [5, 5.41) is 3.51. The van der Waals surface area contributed by atoms with E-state index in [4.69, 9.17) is 14.2 Å². The van der Waals surface area contributed by atoms with Gasteiger partial charge < -0.3 is 19.5 Å². The van der Waals surface area contributed by atoms with Gasteiger partial charge in [-0.15, -0.1) is 0 Å². The van der Waals surface area contributed by atoms with E-state index in [0.717, 1.165) is 77.7 Å². The van der Waals surface area contributed by atoms with Gasteiger partial charge in [0.15, 0.2) is 0 Å². The van der Waals surface area contributed by atoms with Crippen molar-refractivity contribution >= 4 is 0 Å². The number of methoxy groups -OCH3 is 1. The fraction of sp³-hybridized carbons (Fsp3) is 0.700. The van der Waals surface area contributed by atoms with Gasteiger partial charge >= 0.3 is 0 Å². The van der Waals surface area contributed by atoms with Gasteiger partial charge in [0.05, 0.1) is 20.3 Å². The molecule has 0 radical (unpaired) electrons. The summed E-state index contributed by atoms with van der Waals surface area (Å²) in [7, 11) is 1.74. The summed E-state index contributed by atoms with van der Waals surface area (Å²) in [6.45, 7) is 10.3. The quantitative estimate of drug-likeness (QED) is 0.587. The average molecular weight is 351 g/mol. The molecule has 0 aromatic heterocycles. The average Bonchev–Trinajstić information content (AvgIpc) is 2.65. The Kier molecular flexibility index (Phi) is 9.89. The molecule has 0 atom stereocenters. The van der Waals surface area contributed by atoms with E-state index in [1.807, 2.05) is 0 Å². The SMILES string of the molecule is CCCCOCCCNCc1ccc(OC)c(CN2CCOCC2)c1. The molecule has 0 bridgehead atoms. The van der Waals surface area contributed by atoms with Crippen LogP contribution >= 0.6 is 0 Å². The molecule has 1 saturated heterocycles. The molecule has 5 heteroatoms. The number of nitrogens with one attached hydrogen (secondary N) is 1. The Morgan fingerprint density at radius 3 is 2.72 bits per heavy atom. The van der Waals surface area contributed by atoms with Crippen LogP contribution in [0, 0.1) is 0 Å². The van der Waals surface area contributed by atoms with Crippen molar-refractivity contribution in [1.29, 1.82) is 0 Å². The zero-order chi connectivity index (χ0) is 17.7. The van der Waals surface area contributed by atoms with Crippen LogP contribution in [0.2, 0.25) is 0 Å². The summed E-state index contributed by atoms with van der Waals surface area (Å²) in [4.78, 5) is 2.42. The van der Waals surface area contributed by atoms with Gasteiger partial charge in [0.25, 0.3) is 0 Å². The van der Waals surface area contributed by atoms with Crippen molar-refractivity contribution in [3.05, 3.63) is 29.3 Å². The van der Waals surface area contributed by atoms with Crippen molar-refractivity contribution in [1.82, 2.24) is 10.2 Å². The lowest BCUT2D eigenvalue weighted by molar-refractivity contribution is 0.0339. The molecule has 1 heterocycles. The Bertz CT molecular complexity index is 476. The van der Waals surface area contributed by atoms with E-state index in [9.17, 15) is 0 Å². The molecule has 0 aliphatic carbocycles. The topological polar surface area (TPSA) is 43.0 Å². The van der Waals surface area contributed by atoms with E-state index < -0.39 is 0 Å². The van der Waals surface area contributed by atoms with Gasteiger partial charge in [-0.25, -0.2) is 0 Å². The maximum atomic E-state index is 5.59. The molecule has 25 heavy (non-hydrogen) atoms. The molecule has 0 saturated carbocycles. The highest BCUT2D eigenvalue weighted by Crippen LogP contribution is 2.22. The van der Waals surface area contributed by atoms with Crippen molar-refractivity contribution in [2.45, 2.75) is 39.3 Å². The Balaban J connectivity index is 1.74. The second-order valence-electron chi connectivity index (χ2n) is 6.53. The fourth-order valence-corrected chi connectivity index (χ4v) is 2.95. The van der Waals surface area contributed by atoms with E-state index in [1.165, 1.54) is 17.5 Å². The number of ether oxygens (including phenoxy) is 3. The number of hydrogen-bond acceptors (Lipinski definition) is 5. The molecule has 142 valence electrons. The van der Waals surface area contributed by atoms with Crippen LogP contribution in [-0.2, 0) is 22.6 Å². The van der Waals surface area contributed by atoms with Gasteiger partial charge in [0, 0.05) is 45.0 Å². The van der Waals surface area contributed by atoms with Gasteiger partial charge in [0.2, 0.25) is 0 Å². The second kappa shape index (κ2) is 12.3. The summed E-state index contributed by atoms with van der Waals surface area (Å²) in [5.74, 6) is 0.972. The number of unbranched alkanes of at least 4 members (excludes halogenated alkanes) is 1. The number of morpholine rings is 1. The molecular weight excluding hydrogens is 316 g/mol. The number of nitrogens with zero attached hydrogens (tertiary/aromatic N) is 1. The Hall–Kier alpha value is -1.14. The lowest BCUT2D eigenvalue weighted by Crippen LogP contribution is -2.35. The van der Waals surface area contributed by atoms with Gasteiger partial charge in [-0.3, -0.25) is 4.90 Å². The van der Waals surface area contributed by atoms with Crippen LogP contribution in [0.5, 0.6) is 5.75 Å². The van der Waals surface area contributed by atoms with E-state index >= 15 is 0 Å². The lowest BCUT2D eigenvalue weighted by Gasteiger charge is -2.27. The molecule has 1 aliphatic heterocycles. The van der Waals surface area contributed by atoms with Crippen molar-refractivity contribution in [2.75, 3.05) is 53.2 Å². The van der Waals surface area contributed by atoms with Crippen LogP contribution in [0.3, 0.4) is 0 Å². The van der Waals surface area contributed by atoms with Gasteiger partial charge in [-0.2, -0.15) is 0 Å². The van der Waals surface area contributed by atoms with Crippen molar-refractivity contribution < 1.29 is 14.2 Å². The Morgan fingerprint density at radius 2 is 1.96 bits per heavy atom. The normalized spacial score (nSPS) is 15.4. The highest BCUT2D eigenvalue weighted by Gasteiger charge is 2.13. The highest BCUT2D eigenvalue weighted by atomic mass is 16.5. The van der Waals surface area contributed by atoms with Gasteiger partial charge in [-0.05, 0) is 37.1 Å². The highest BCUT2D eigenvalue weighted by molar-refractivity contribution is 5.37. The predicted molar refractivity (Wildman–Crippen MR) is 101 cm³/mol. The van der Waals surface area contributed by atoms with Crippen molar-refractivity contribution in [3.63, 3.8) is 0 Å². The summed E-state index contributed by atoms with van der Waals surface area (Å²) >= 11 is 0. The smallest absolute Gasteiger partial charge is 0.123 e. The zero-order valence-corrected chi connectivity index (χ0v) is 15.9. The molecule has 1 aliphatic rings. The fourth-order valence-electron chi connectivity index (χ4n) is 2.95. The Morgan fingerprint density at radius 1 is 1.16 bits per heavy atom. The summed E-state index contributed by atoms with van der Waals surface area (Å²) < 4.78 is 16.6. The first-order valence-corrected chi connectivity index (χ1v) is 9.58. The third-order valence-electron chi connectivity index (χ3n) is 4.46. The van der Waals surface area contributed by atoms with E-state index in [0.29, 0.717) is 0 Å². The Labute approximate surface area is 152 Å². The summed E-state index contributed by atoms with van der Waals surface area (Å²) in [5.41, 5.74) is 2.56. The molecule has 1 aromatic carbocycles. The number of hydrogen-bond donors (Lipinski definition) is 1. The van der Waals surface area contributed by atoms with Crippen LogP contribution in [0.4, 0.5) is 0 Å². The number of rotatable bonds is 12. The van der Waals surface area contributed by atoms with E-state index in [1.54, 1.807) is 7.11 Å². The molecule has 2 rings (SSSR count). The molecule has 0 unspecified atom stereocenters. The molecule has 5 nitrogen and oxygen atoms in total. The zero-order valence-electron chi connectivity index (χ0n) is 15.9. The summed E-state index contributed by atoms with van der Waals surface area (Å²) in [6, 6.07) is 6.49. The molecule has 1 fully saturated rings. The van der Waals surface area contributed by atoms with Crippen LogP contribution in [0.25, 0.3) is 0 Å². The third kappa shape index (κ3) is 7.74. The largest absolute Gasteiger partial charge is 0.496 e. The molecule has 1 aromatic rings. The van der Waals surface area contributed by atoms with Crippen molar-refractivity contribution in [3.8, 4) is 5.75 Å². The minimum atomic E-state index is 0.823. The second-order valence-corrected chi connectivity index (χ2v) is 6.53. The molecule has 0 amide bonds. The van der Waals surface area contributed by atoms with Crippen LogP contribution in [0.15, 0.2) is 18.2 Å². The molecule has 1 N–H and O–H groups in total. The molecular formula is C20H34N2O3. The van der Waals surface area contributed by atoms with Crippen molar-refractivity contribution in [2.24, 2.45) is 0 Å². The van der Waals surface area contributed by atoms with Crippen LogP contribution in [-0.4, -0.2) is 58.1 Å². The van der Waals surface area contributed by atoms with Crippen LogP contribution < -0.4 is 10.1 Å². The predicted octanol–water partition coefficient (Wildman–Crippen LogP) is 2.82. The summed E-state index contributed by atoms with van der Waals surface area (Å²) in [6.07, 6.45) is 3.41. The standard InChI is InChI=1S/C20H34N2O3/c1-3-4-11-24-12-5-8-21-16-18-6-7-20(23-2)19(15-18)17-22-9-13-25-14-10-22/h6-7,15,21H,3-5,8-14,16-17H2,1-2H3. The first kappa shape index (κ1) is 20.2. The maximum absolute atomic E-state index is 5.59. The lowest BCUT2D eigenvalue weighted by atomic mass is 10.1. The third-order valence-corrected chi connectivity index (χ3v) is 4.46. The monoisotopic (exact) mass is 350 g/mol. The first-order valence-electron chi connectivity index (χ1n) is 9.58. The van der Waals surface area contributed by atoms with E-state index in [-0.39, 0.29) is 0 Å². The minimum Gasteiger partial charge on any atom is -0.496 e. The van der Waals surface area contributed by atoms with Gasteiger partial charge in [-0.1, -0.05) is 19.4 Å². The van der Waals surface area contributed by atoms with E-state index in [2.05, 4.69) is 35.3 Å². The van der Waals surface area contributed by atoms with Gasteiger partial charge in [0.1, 0.15) is 5.75 Å². The number of benzene rings is 1.